The summed E-state index contributed by atoms with van der Waals surface area (Å²) in [4.78, 5) is 32.5. The highest BCUT2D eigenvalue weighted by atomic mass is 16.2. The van der Waals surface area contributed by atoms with Crippen molar-refractivity contribution in [3.8, 4) is 0 Å². The lowest BCUT2D eigenvalue weighted by atomic mass is 10.2. The molecule has 2 heterocycles. The molecule has 0 aliphatic rings. The minimum atomic E-state index is -0.476. The highest BCUT2D eigenvalue weighted by Gasteiger charge is 2.12. The summed E-state index contributed by atoms with van der Waals surface area (Å²) in [6.07, 6.45) is 1.51. The standard InChI is InChI=1S/C17H17N5O2/c1-3-22-11(2)19-14-10-12(7-8-15(14)22)16(23)20-21-17(24)13-6-4-5-9-18-13/h4-10H,3H2,1-2H3,(H,20,23)(H,21,24). The number of hydrogen-bond donors (Lipinski definition) is 2. The van der Waals surface area contributed by atoms with E-state index in [0.717, 1.165) is 23.4 Å². The molecule has 0 bridgehead atoms. The van der Waals surface area contributed by atoms with E-state index in [1.54, 1.807) is 30.3 Å². The van der Waals surface area contributed by atoms with Crippen molar-refractivity contribution >= 4 is 22.8 Å². The van der Waals surface area contributed by atoms with Gasteiger partial charge in [-0.15, -0.1) is 0 Å². The predicted octanol–water partition coefficient (Wildman–Crippen LogP) is 1.83. The van der Waals surface area contributed by atoms with Crippen molar-refractivity contribution in [3.63, 3.8) is 0 Å². The number of rotatable bonds is 3. The van der Waals surface area contributed by atoms with Gasteiger partial charge in [-0.05, 0) is 44.2 Å². The first-order chi connectivity index (χ1) is 11.6. The van der Waals surface area contributed by atoms with Crippen LogP contribution in [-0.4, -0.2) is 26.3 Å². The van der Waals surface area contributed by atoms with Gasteiger partial charge in [-0.3, -0.25) is 25.4 Å². The average molecular weight is 323 g/mol. The number of aryl methyl sites for hydroxylation is 2. The maximum absolute atomic E-state index is 12.2. The zero-order valence-corrected chi connectivity index (χ0v) is 13.4. The van der Waals surface area contributed by atoms with Crippen LogP contribution in [0.2, 0.25) is 0 Å². The van der Waals surface area contributed by atoms with Crippen LogP contribution in [0.15, 0.2) is 42.6 Å². The summed E-state index contributed by atoms with van der Waals surface area (Å²) in [6, 6.07) is 10.2. The summed E-state index contributed by atoms with van der Waals surface area (Å²) in [7, 11) is 0. The third-order valence-electron chi connectivity index (χ3n) is 3.70. The number of imidazole rings is 1. The van der Waals surface area contributed by atoms with Gasteiger partial charge in [-0.25, -0.2) is 4.98 Å². The van der Waals surface area contributed by atoms with E-state index in [-0.39, 0.29) is 5.69 Å². The lowest BCUT2D eigenvalue weighted by Gasteiger charge is -2.07. The van der Waals surface area contributed by atoms with Crippen LogP contribution in [0, 0.1) is 6.92 Å². The molecule has 0 radical (unpaired) electrons. The van der Waals surface area contributed by atoms with E-state index >= 15 is 0 Å². The fraction of sp³-hybridized carbons (Fsp3) is 0.176. The van der Waals surface area contributed by atoms with Gasteiger partial charge in [0.2, 0.25) is 0 Å². The van der Waals surface area contributed by atoms with Gasteiger partial charge < -0.3 is 4.57 Å². The van der Waals surface area contributed by atoms with Gasteiger partial charge in [0.05, 0.1) is 11.0 Å². The van der Waals surface area contributed by atoms with E-state index in [4.69, 9.17) is 0 Å². The average Bonchev–Trinajstić information content (AvgIpc) is 2.94. The number of nitrogens with one attached hydrogen (secondary N) is 2. The topological polar surface area (TPSA) is 88.9 Å². The van der Waals surface area contributed by atoms with Gasteiger partial charge in [-0.2, -0.15) is 0 Å². The van der Waals surface area contributed by atoms with Gasteiger partial charge in [0.25, 0.3) is 11.8 Å². The number of aromatic nitrogens is 3. The molecule has 0 saturated heterocycles. The predicted molar refractivity (Wildman–Crippen MR) is 89.3 cm³/mol. The molecular formula is C17H17N5O2. The molecule has 2 aromatic heterocycles. The Bertz CT molecular complexity index is 902. The van der Waals surface area contributed by atoms with Crippen molar-refractivity contribution < 1.29 is 9.59 Å². The Morgan fingerprint density at radius 1 is 1.12 bits per heavy atom. The summed E-state index contributed by atoms with van der Waals surface area (Å²) < 4.78 is 2.07. The van der Waals surface area contributed by atoms with Gasteiger partial charge in [0, 0.05) is 18.3 Å². The Morgan fingerprint density at radius 2 is 1.92 bits per heavy atom. The number of amides is 2. The quantitative estimate of drug-likeness (QED) is 0.720. The molecular weight excluding hydrogens is 306 g/mol. The van der Waals surface area contributed by atoms with Crippen molar-refractivity contribution in [2.75, 3.05) is 0 Å². The Labute approximate surface area is 138 Å². The molecule has 3 rings (SSSR count). The van der Waals surface area contributed by atoms with Crippen LogP contribution in [0.25, 0.3) is 11.0 Å². The molecule has 7 heteroatoms. The van der Waals surface area contributed by atoms with Gasteiger partial charge in [0.15, 0.2) is 0 Å². The molecule has 0 atom stereocenters. The van der Waals surface area contributed by atoms with Crippen molar-refractivity contribution in [1.29, 1.82) is 0 Å². The van der Waals surface area contributed by atoms with Crippen LogP contribution in [-0.2, 0) is 6.54 Å². The Morgan fingerprint density at radius 3 is 2.62 bits per heavy atom. The van der Waals surface area contributed by atoms with Crippen molar-refractivity contribution in [2.24, 2.45) is 0 Å². The second kappa shape index (κ2) is 6.49. The third-order valence-corrected chi connectivity index (χ3v) is 3.70. The molecule has 24 heavy (non-hydrogen) atoms. The largest absolute Gasteiger partial charge is 0.329 e. The van der Waals surface area contributed by atoms with Crippen molar-refractivity contribution in [3.05, 3.63) is 59.7 Å². The van der Waals surface area contributed by atoms with E-state index in [9.17, 15) is 9.59 Å². The third kappa shape index (κ3) is 2.96. The first kappa shape index (κ1) is 15.7. The van der Waals surface area contributed by atoms with Gasteiger partial charge in [-0.1, -0.05) is 6.07 Å². The van der Waals surface area contributed by atoms with Crippen LogP contribution in [0.4, 0.5) is 0 Å². The van der Waals surface area contributed by atoms with Crippen LogP contribution >= 0.6 is 0 Å². The first-order valence-corrected chi connectivity index (χ1v) is 7.58. The Hall–Kier alpha value is -3.22. The maximum atomic E-state index is 12.2. The normalized spacial score (nSPS) is 10.6. The van der Waals surface area contributed by atoms with Crippen LogP contribution < -0.4 is 10.9 Å². The molecule has 122 valence electrons. The fourth-order valence-corrected chi connectivity index (χ4v) is 2.54. The van der Waals surface area contributed by atoms with E-state index in [1.165, 1.54) is 6.20 Å². The SMILES string of the molecule is CCn1c(C)nc2cc(C(=O)NNC(=O)c3ccccn3)ccc21. The number of benzene rings is 1. The monoisotopic (exact) mass is 323 g/mol. The van der Waals surface area contributed by atoms with Gasteiger partial charge >= 0.3 is 0 Å². The molecule has 0 aliphatic heterocycles. The molecule has 1 aromatic carbocycles. The van der Waals surface area contributed by atoms with E-state index in [2.05, 4.69) is 25.4 Å². The fourth-order valence-electron chi connectivity index (χ4n) is 2.54. The highest BCUT2D eigenvalue weighted by Crippen LogP contribution is 2.17. The minimum absolute atomic E-state index is 0.227. The Kier molecular flexibility index (Phi) is 4.24. The summed E-state index contributed by atoms with van der Waals surface area (Å²) >= 11 is 0. The smallest absolute Gasteiger partial charge is 0.288 e. The van der Waals surface area contributed by atoms with Crippen LogP contribution in [0.1, 0.15) is 33.6 Å². The van der Waals surface area contributed by atoms with E-state index in [0.29, 0.717) is 5.56 Å². The first-order valence-electron chi connectivity index (χ1n) is 7.58. The second-order valence-corrected chi connectivity index (χ2v) is 5.23. The molecule has 2 N–H and O–H groups in total. The summed E-state index contributed by atoms with van der Waals surface area (Å²) in [6.45, 7) is 4.78. The van der Waals surface area contributed by atoms with Gasteiger partial charge in [0.1, 0.15) is 11.5 Å². The summed E-state index contributed by atoms with van der Waals surface area (Å²) in [5.41, 5.74) is 7.10. The summed E-state index contributed by atoms with van der Waals surface area (Å²) in [5.74, 6) is 0.00882. The lowest BCUT2D eigenvalue weighted by molar-refractivity contribution is 0.0844. The van der Waals surface area contributed by atoms with E-state index in [1.807, 2.05) is 19.9 Å². The maximum Gasteiger partial charge on any atom is 0.288 e. The number of hydrazine groups is 1. The van der Waals surface area contributed by atoms with Crippen LogP contribution in [0.3, 0.4) is 0 Å². The summed E-state index contributed by atoms with van der Waals surface area (Å²) in [5, 5.41) is 0. The van der Waals surface area contributed by atoms with Crippen LogP contribution in [0.5, 0.6) is 0 Å². The zero-order chi connectivity index (χ0) is 17.1. The number of fused-ring (bicyclic) bond motifs is 1. The minimum Gasteiger partial charge on any atom is -0.329 e. The number of nitrogens with zero attached hydrogens (tertiary/aromatic N) is 3. The zero-order valence-electron chi connectivity index (χ0n) is 13.4. The number of pyridine rings is 1. The molecule has 0 fully saturated rings. The molecule has 0 spiro atoms. The molecule has 0 aliphatic carbocycles. The molecule has 0 unspecified atom stereocenters. The number of carbonyl (C=O) groups excluding carboxylic acids is 2. The number of hydrogen-bond acceptors (Lipinski definition) is 4. The molecule has 3 aromatic rings. The van der Waals surface area contributed by atoms with Crippen molar-refractivity contribution in [1.82, 2.24) is 25.4 Å². The molecule has 7 nitrogen and oxygen atoms in total. The van der Waals surface area contributed by atoms with E-state index < -0.39 is 11.8 Å². The van der Waals surface area contributed by atoms with Crippen molar-refractivity contribution in [2.45, 2.75) is 20.4 Å². The highest BCUT2D eigenvalue weighted by molar-refractivity contribution is 6.00. The lowest BCUT2D eigenvalue weighted by Crippen LogP contribution is -2.41. The molecule has 0 saturated carbocycles. The number of carbonyl (C=O) groups is 2. The second-order valence-electron chi connectivity index (χ2n) is 5.23. The Balaban J connectivity index is 1.73. The molecule has 2 amide bonds.